The molecule has 30 heavy (non-hydrogen) atoms. The number of halogens is 2. The monoisotopic (exact) mass is 422 g/mol. The third-order valence-electron chi connectivity index (χ3n) is 4.22. The van der Waals surface area contributed by atoms with Crippen molar-refractivity contribution in [1.82, 2.24) is 4.98 Å². The highest BCUT2D eigenvalue weighted by atomic mass is 32.2. The number of anilines is 1. The first-order valence-corrected chi connectivity index (χ1v) is 10.1. The standard InChI is InChI=1S/C23H16F2N2O2S/c24-17-11-12-18(25)19(13-17)26-20(28)14-30-23-27-21(15-7-3-1-4-8-15)22(29-23)16-9-5-2-6-10-16/h1-13H,14H2,(H,26,28). The number of carbonyl (C=O) groups is 1. The highest BCUT2D eigenvalue weighted by Crippen LogP contribution is 2.35. The Kier molecular flexibility index (Phi) is 5.90. The first-order chi connectivity index (χ1) is 14.6. The summed E-state index contributed by atoms with van der Waals surface area (Å²) < 4.78 is 32.9. The minimum atomic E-state index is -0.705. The van der Waals surface area contributed by atoms with Crippen molar-refractivity contribution in [1.29, 1.82) is 0 Å². The molecule has 0 aliphatic rings. The molecule has 4 nitrogen and oxygen atoms in total. The zero-order valence-corrected chi connectivity index (χ0v) is 16.5. The zero-order valence-electron chi connectivity index (χ0n) is 15.6. The van der Waals surface area contributed by atoms with E-state index in [9.17, 15) is 13.6 Å². The van der Waals surface area contributed by atoms with Gasteiger partial charge < -0.3 is 9.73 Å². The van der Waals surface area contributed by atoms with Crippen molar-refractivity contribution in [3.8, 4) is 22.6 Å². The molecule has 0 fully saturated rings. The molecule has 7 heteroatoms. The lowest BCUT2D eigenvalue weighted by atomic mass is 10.1. The van der Waals surface area contributed by atoms with Crippen molar-refractivity contribution < 1.29 is 18.0 Å². The van der Waals surface area contributed by atoms with Gasteiger partial charge in [0.2, 0.25) is 5.91 Å². The molecule has 0 radical (unpaired) electrons. The van der Waals surface area contributed by atoms with Crippen LogP contribution >= 0.6 is 11.8 Å². The molecule has 150 valence electrons. The van der Waals surface area contributed by atoms with Crippen LogP contribution < -0.4 is 5.32 Å². The van der Waals surface area contributed by atoms with E-state index < -0.39 is 17.5 Å². The maximum Gasteiger partial charge on any atom is 0.257 e. The maximum absolute atomic E-state index is 13.7. The molecule has 0 saturated carbocycles. The lowest BCUT2D eigenvalue weighted by molar-refractivity contribution is -0.113. The number of thioether (sulfide) groups is 1. The molecule has 1 heterocycles. The Morgan fingerprint density at radius 2 is 1.60 bits per heavy atom. The summed E-state index contributed by atoms with van der Waals surface area (Å²) >= 11 is 1.08. The Morgan fingerprint density at radius 3 is 2.30 bits per heavy atom. The van der Waals surface area contributed by atoms with E-state index in [2.05, 4.69) is 10.3 Å². The summed E-state index contributed by atoms with van der Waals surface area (Å²) in [6.45, 7) is 0. The zero-order chi connectivity index (χ0) is 20.9. The second-order valence-corrected chi connectivity index (χ2v) is 7.28. The summed E-state index contributed by atoms with van der Waals surface area (Å²) in [5.41, 5.74) is 2.21. The van der Waals surface area contributed by atoms with Gasteiger partial charge in [-0.3, -0.25) is 4.79 Å². The summed E-state index contributed by atoms with van der Waals surface area (Å²) in [6, 6.07) is 22.0. The molecular weight excluding hydrogens is 406 g/mol. The molecule has 0 saturated heterocycles. The molecule has 1 aromatic heterocycles. The van der Waals surface area contributed by atoms with E-state index in [0.29, 0.717) is 16.7 Å². The van der Waals surface area contributed by atoms with E-state index in [-0.39, 0.29) is 11.4 Å². The number of hydrogen-bond donors (Lipinski definition) is 1. The van der Waals surface area contributed by atoms with Crippen molar-refractivity contribution >= 4 is 23.4 Å². The summed E-state index contributed by atoms with van der Waals surface area (Å²) in [6.07, 6.45) is 0. The number of nitrogens with one attached hydrogen (secondary N) is 1. The Bertz CT molecular complexity index is 1110. The smallest absolute Gasteiger partial charge is 0.257 e. The van der Waals surface area contributed by atoms with Gasteiger partial charge in [-0.1, -0.05) is 72.4 Å². The van der Waals surface area contributed by atoms with Crippen LogP contribution in [0.25, 0.3) is 22.6 Å². The molecule has 0 aliphatic carbocycles. The molecule has 0 bridgehead atoms. The van der Waals surface area contributed by atoms with Crippen molar-refractivity contribution in [2.24, 2.45) is 0 Å². The first-order valence-electron chi connectivity index (χ1n) is 9.09. The highest BCUT2D eigenvalue weighted by molar-refractivity contribution is 7.99. The molecule has 0 aliphatic heterocycles. The average molecular weight is 422 g/mol. The number of amides is 1. The number of aromatic nitrogens is 1. The summed E-state index contributed by atoms with van der Waals surface area (Å²) in [5.74, 6) is -1.30. The quantitative estimate of drug-likeness (QED) is 0.386. The number of carbonyl (C=O) groups excluding carboxylic acids is 1. The van der Waals surface area contributed by atoms with E-state index in [0.717, 1.165) is 41.1 Å². The molecule has 1 N–H and O–H groups in total. The van der Waals surface area contributed by atoms with Gasteiger partial charge in [-0.2, -0.15) is 0 Å². The van der Waals surface area contributed by atoms with Gasteiger partial charge in [0.05, 0.1) is 11.4 Å². The third kappa shape index (κ3) is 4.58. The number of oxazole rings is 1. The van der Waals surface area contributed by atoms with E-state index in [1.54, 1.807) is 0 Å². The van der Waals surface area contributed by atoms with Crippen molar-refractivity contribution in [2.45, 2.75) is 5.22 Å². The predicted octanol–water partition coefficient (Wildman–Crippen LogP) is 6.02. The third-order valence-corrected chi connectivity index (χ3v) is 5.05. The Balaban J connectivity index is 1.54. The molecule has 0 spiro atoms. The Labute approximate surface area is 176 Å². The van der Waals surface area contributed by atoms with Gasteiger partial charge in [-0.25, -0.2) is 13.8 Å². The topological polar surface area (TPSA) is 55.1 Å². The van der Waals surface area contributed by atoms with Crippen LogP contribution in [-0.4, -0.2) is 16.6 Å². The summed E-state index contributed by atoms with van der Waals surface area (Å²) in [7, 11) is 0. The minimum absolute atomic E-state index is 0.0705. The van der Waals surface area contributed by atoms with Crippen molar-refractivity contribution in [3.63, 3.8) is 0 Å². The van der Waals surface area contributed by atoms with E-state index in [1.165, 1.54) is 0 Å². The van der Waals surface area contributed by atoms with Gasteiger partial charge in [0.15, 0.2) is 5.76 Å². The van der Waals surface area contributed by atoms with Crippen LogP contribution in [0, 0.1) is 11.6 Å². The Morgan fingerprint density at radius 1 is 0.933 bits per heavy atom. The fraction of sp³-hybridized carbons (Fsp3) is 0.0435. The van der Waals surface area contributed by atoms with Crippen molar-refractivity contribution in [3.05, 3.63) is 90.5 Å². The van der Waals surface area contributed by atoms with E-state index in [4.69, 9.17) is 4.42 Å². The van der Waals surface area contributed by atoms with Gasteiger partial charge in [0.1, 0.15) is 17.3 Å². The number of benzene rings is 3. The van der Waals surface area contributed by atoms with Gasteiger partial charge in [-0.15, -0.1) is 0 Å². The average Bonchev–Trinajstić information content (AvgIpc) is 3.20. The second-order valence-electron chi connectivity index (χ2n) is 6.35. The van der Waals surface area contributed by atoms with Crippen molar-refractivity contribution in [2.75, 3.05) is 11.1 Å². The van der Waals surface area contributed by atoms with Crippen LogP contribution in [0.3, 0.4) is 0 Å². The van der Waals surface area contributed by atoms with Crippen LogP contribution in [0.4, 0.5) is 14.5 Å². The molecule has 0 unspecified atom stereocenters. The maximum atomic E-state index is 13.7. The summed E-state index contributed by atoms with van der Waals surface area (Å²) in [5, 5.41) is 2.67. The minimum Gasteiger partial charge on any atom is -0.431 e. The summed E-state index contributed by atoms with van der Waals surface area (Å²) in [4.78, 5) is 16.7. The number of rotatable bonds is 6. The fourth-order valence-corrected chi connectivity index (χ4v) is 3.47. The fourth-order valence-electron chi connectivity index (χ4n) is 2.85. The number of hydrogen-bond acceptors (Lipinski definition) is 4. The predicted molar refractivity (Wildman–Crippen MR) is 113 cm³/mol. The van der Waals surface area contributed by atoms with Crippen LogP contribution in [-0.2, 0) is 4.79 Å². The van der Waals surface area contributed by atoms with Crippen LogP contribution in [0.15, 0.2) is 88.5 Å². The Hall–Kier alpha value is -3.45. The number of nitrogens with zero attached hydrogens (tertiary/aromatic N) is 1. The van der Waals surface area contributed by atoms with Gasteiger partial charge in [0.25, 0.3) is 5.22 Å². The van der Waals surface area contributed by atoms with Crippen LogP contribution in [0.1, 0.15) is 0 Å². The van der Waals surface area contributed by atoms with E-state index in [1.807, 2.05) is 60.7 Å². The van der Waals surface area contributed by atoms with Crippen LogP contribution in [0.5, 0.6) is 0 Å². The van der Waals surface area contributed by atoms with Gasteiger partial charge in [0, 0.05) is 17.2 Å². The first kappa shape index (κ1) is 19.8. The normalized spacial score (nSPS) is 10.7. The second kappa shape index (κ2) is 8.92. The van der Waals surface area contributed by atoms with Gasteiger partial charge >= 0.3 is 0 Å². The molecular formula is C23H16F2N2O2S. The lowest BCUT2D eigenvalue weighted by Gasteiger charge is -2.05. The molecule has 3 aromatic carbocycles. The molecule has 0 atom stereocenters. The van der Waals surface area contributed by atoms with Gasteiger partial charge in [-0.05, 0) is 12.1 Å². The lowest BCUT2D eigenvalue weighted by Crippen LogP contribution is -2.15. The van der Waals surface area contributed by atoms with Crippen LogP contribution in [0.2, 0.25) is 0 Å². The molecule has 1 amide bonds. The SMILES string of the molecule is O=C(CSc1nc(-c2ccccc2)c(-c2ccccc2)o1)Nc1cc(F)ccc1F. The largest absolute Gasteiger partial charge is 0.431 e. The van der Waals surface area contributed by atoms with E-state index >= 15 is 0 Å². The molecule has 4 aromatic rings. The molecule has 4 rings (SSSR count). The highest BCUT2D eigenvalue weighted by Gasteiger charge is 2.18.